The molecule has 0 bridgehead atoms. The Bertz CT molecular complexity index is 2350. The molecule has 0 aliphatic carbocycles. The number of unbranched alkanes of at least 4 members (excludes halogenated alkanes) is 18. The van der Waals surface area contributed by atoms with E-state index in [2.05, 4.69) is 97.4 Å². The lowest BCUT2D eigenvalue weighted by molar-refractivity contribution is 0.556. The maximum absolute atomic E-state index is 6.50. The molecule has 58 heavy (non-hydrogen) atoms. The van der Waals surface area contributed by atoms with E-state index < -0.39 is 0 Å². The second-order valence-electron chi connectivity index (χ2n) is 17.1. The first-order chi connectivity index (χ1) is 28.7. The van der Waals surface area contributed by atoms with Crippen molar-refractivity contribution in [3.8, 4) is 21.3 Å². The lowest BCUT2D eigenvalue weighted by Crippen LogP contribution is -1.84. The molecular formula is C54H64O2S2. The summed E-state index contributed by atoms with van der Waals surface area (Å²) in [6, 6.07) is 27.3. The molecule has 4 aromatic heterocycles. The van der Waals surface area contributed by atoms with Crippen molar-refractivity contribution in [2.45, 2.75) is 155 Å². The molecule has 0 unspecified atom stereocenters. The number of furan rings is 2. The first kappa shape index (κ1) is 40.9. The average Bonchev–Trinajstić information content (AvgIpc) is 4.08. The van der Waals surface area contributed by atoms with Crippen LogP contribution >= 0.6 is 22.7 Å². The molecule has 2 nitrogen and oxygen atoms in total. The molecule has 0 saturated carbocycles. The van der Waals surface area contributed by atoms with Crippen LogP contribution in [0.2, 0.25) is 0 Å². The number of benzene rings is 4. The second-order valence-corrected chi connectivity index (χ2v) is 18.9. The van der Waals surface area contributed by atoms with Crippen molar-refractivity contribution < 1.29 is 8.83 Å². The highest BCUT2D eigenvalue weighted by Gasteiger charge is 2.16. The molecule has 0 saturated heterocycles. The van der Waals surface area contributed by atoms with Crippen molar-refractivity contribution in [3.63, 3.8) is 0 Å². The molecule has 8 aromatic rings. The first-order valence-corrected chi connectivity index (χ1v) is 24.9. The van der Waals surface area contributed by atoms with E-state index in [1.807, 2.05) is 22.7 Å². The van der Waals surface area contributed by atoms with E-state index in [0.717, 1.165) is 35.5 Å². The molecule has 8 rings (SSSR count). The highest BCUT2D eigenvalue weighted by Crippen LogP contribution is 2.42. The predicted octanol–water partition coefficient (Wildman–Crippen LogP) is 19.0. The van der Waals surface area contributed by atoms with Gasteiger partial charge in [0.2, 0.25) is 0 Å². The van der Waals surface area contributed by atoms with E-state index in [0.29, 0.717) is 0 Å². The molecule has 4 aromatic carbocycles. The number of rotatable bonds is 24. The Balaban J connectivity index is 0.911. The highest BCUT2D eigenvalue weighted by molar-refractivity contribution is 7.14. The van der Waals surface area contributed by atoms with Gasteiger partial charge >= 0.3 is 0 Å². The molecule has 304 valence electrons. The van der Waals surface area contributed by atoms with Gasteiger partial charge in [0.05, 0.1) is 9.75 Å². The minimum atomic E-state index is 0.958. The molecule has 0 radical (unpaired) electrons. The van der Waals surface area contributed by atoms with Gasteiger partial charge in [0.25, 0.3) is 0 Å². The topological polar surface area (TPSA) is 26.3 Å². The zero-order chi connectivity index (χ0) is 39.5. The number of hydrogen-bond acceptors (Lipinski definition) is 4. The van der Waals surface area contributed by atoms with E-state index in [4.69, 9.17) is 8.83 Å². The summed E-state index contributed by atoms with van der Waals surface area (Å²) >= 11 is 3.64. The van der Waals surface area contributed by atoms with Gasteiger partial charge in [-0.25, -0.2) is 0 Å². The van der Waals surface area contributed by atoms with Crippen LogP contribution in [-0.2, 0) is 12.8 Å². The van der Waals surface area contributed by atoms with Crippen molar-refractivity contribution in [1.29, 1.82) is 0 Å². The third-order valence-corrected chi connectivity index (χ3v) is 14.6. The van der Waals surface area contributed by atoms with Crippen LogP contribution in [-0.4, -0.2) is 0 Å². The average molecular weight is 809 g/mol. The summed E-state index contributed by atoms with van der Waals surface area (Å²) in [6.07, 6.45) is 29.9. The van der Waals surface area contributed by atoms with E-state index in [-0.39, 0.29) is 0 Å². The fourth-order valence-corrected chi connectivity index (χ4v) is 11.0. The maximum atomic E-state index is 6.50. The van der Waals surface area contributed by atoms with Crippen LogP contribution in [0.3, 0.4) is 0 Å². The molecule has 4 heteroatoms. The van der Waals surface area contributed by atoms with Crippen molar-refractivity contribution >= 4 is 76.9 Å². The number of fused-ring (bicyclic) bond motifs is 9. The van der Waals surface area contributed by atoms with Crippen LogP contribution in [0.1, 0.15) is 153 Å². The minimum Gasteiger partial charge on any atom is -0.455 e. The molecule has 0 atom stereocenters. The zero-order valence-electron chi connectivity index (χ0n) is 35.3. The zero-order valence-corrected chi connectivity index (χ0v) is 36.9. The monoisotopic (exact) mass is 808 g/mol. The molecular weight excluding hydrogens is 745 g/mol. The highest BCUT2D eigenvalue weighted by atomic mass is 32.1. The Labute approximate surface area is 355 Å². The molecule has 0 amide bonds. The third kappa shape index (κ3) is 9.77. The van der Waals surface area contributed by atoms with Crippen LogP contribution in [0.4, 0.5) is 0 Å². The van der Waals surface area contributed by atoms with Gasteiger partial charge in [-0.05, 0) is 116 Å². The number of thiophene rings is 2. The van der Waals surface area contributed by atoms with Gasteiger partial charge in [-0.3, -0.25) is 0 Å². The Hall–Kier alpha value is -3.86. The fourth-order valence-electron chi connectivity index (χ4n) is 9.23. The summed E-state index contributed by atoms with van der Waals surface area (Å²) in [6.45, 7) is 4.59. The Morgan fingerprint density at radius 2 is 0.655 bits per heavy atom. The van der Waals surface area contributed by atoms with Crippen molar-refractivity contribution in [2.24, 2.45) is 0 Å². The fraction of sp³-hybridized carbons (Fsp3) is 0.444. The number of hydrogen-bond donors (Lipinski definition) is 0. The van der Waals surface area contributed by atoms with Crippen LogP contribution in [0.25, 0.3) is 75.5 Å². The Morgan fingerprint density at radius 3 is 1.02 bits per heavy atom. The van der Waals surface area contributed by atoms with Crippen LogP contribution in [0.5, 0.6) is 0 Å². The van der Waals surface area contributed by atoms with Crippen LogP contribution in [0.15, 0.2) is 92.4 Å². The Morgan fingerprint density at radius 1 is 0.345 bits per heavy atom. The van der Waals surface area contributed by atoms with Gasteiger partial charge in [-0.1, -0.05) is 166 Å². The summed E-state index contributed by atoms with van der Waals surface area (Å²) in [5.41, 5.74) is 4.81. The molecule has 0 fully saturated rings. The second kappa shape index (κ2) is 20.4. The summed E-state index contributed by atoms with van der Waals surface area (Å²) < 4.78 is 13.0. The van der Waals surface area contributed by atoms with Gasteiger partial charge in [0, 0.05) is 10.8 Å². The van der Waals surface area contributed by atoms with Crippen molar-refractivity contribution in [1.82, 2.24) is 0 Å². The molecule has 0 N–H and O–H groups in total. The summed E-state index contributed by atoms with van der Waals surface area (Å²) in [5.74, 6) is 1.96. The summed E-state index contributed by atoms with van der Waals surface area (Å²) in [7, 11) is 0. The standard InChI is InChI=1S/C54H64O2S2/c1-3-5-7-9-11-13-15-17-19-21-23-39-33-53(57-37-39)51-35-47-45-27-25-42-41(43(45)29-31-49(47)55-51)26-28-46-44(42)30-32-50-48(46)36-52(56-50)54-34-40(38-58-54)24-22-20-18-16-14-12-10-8-6-4-2/h25-38H,3-24H2,1-2H3. The number of aryl methyl sites for hydroxylation is 2. The minimum absolute atomic E-state index is 0.958. The quantitative estimate of drug-likeness (QED) is 0.0449. The van der Waals surface area contributed by atoms with Gasteiger partial charge in [-0.2, -0.15) is 0 Å². The maximum Gasteiger partial charge on any atom is 0.145 e. The van der Waals surface area contributed by atoms with E-state index in [1.54, 1.807) is 0 Å². The van der Waals surface area contributed by atoms with Crippen LogP contribution < -0.4 is 0 Å². The van der Waals surface area contributed by atoms with Crippen molar-refractivity contribution in [3.05, 3.63) is 94.7 Å². The molecule has 0 aliphatic heterocycles. The lowest BCUT2D eigenvalue weighted by atomic mass is 9.94. The van der Waals surface area contributed by atoms with E-state index in [9.17, 15) is 0 Å². The van der Waals surface area contributed by atoms with E-state index in [1.165, 1.54) is 192 Å². The summed E-state index contributed by atoms with van der Waals surface area (Å²) in [4.78, 5) is 2.46. The SMILES string of the molecule is CCCCCCCCCCCCc1csc(-c2cc3c(ccc4c3ccc3c5ccc6oc(-c7cc(CCCCCCCCCCCC)cs7)cc6c5ccc43)o2)c1. The first-order valence-electron chi connectivity index (χ1n) is 23.1. The Kier molecular flexibility index (Phi) is 14.4. The van der Waals surface area contributed by atoms with Crippen molar-refractivity contribution in [2.75, 3.05) is 0 Å². The smallest absolute Gasteiger partial charge is 0.145 e. The van der Waals surface area contributed by atoms with Gasteiger partial charge < -0.3 is 8.83 Å². The van der Waals surface area contributed by atoms with Gasteiger partial charge in [0.1, 0.15) is 22.7 Å². The summed E-state index contributed by atoms with van der Waals surface area (Å²) in [5, 5.41) is 14.7. The largest absolute Gasteiger partial charge is 0.455 e. The van der Waals surface area contributed by atoms with Crippen LogP contribution in [0, 0.1) is 0 Å². The predicted molar refractivity (Wildman–Crippen MR) is 256 cm³/mol. The molecule has 0 spiro atoms. The van der Waals surface area contributed by atoms with E-state index >= 15 is 0 Å². The lowest BCUT2D eigenvalue weighted by Gasteiger charge is -2.08. The van der Waals surface area contributed by atoms with Gasteiger partial charge in [0.15, 0.2) is 0 Å². The molecule has 4 heterocycles. The molecule has 0 aliphatic rings. The third-order valence-electron chi connectivity index (χ3n) is 12.6. The normalized spacial score (nSPS) is 12.1. The van der Waals surface area contributed by atoms with Gasteiger partial charge in [-0.15, -0.1) is 22.7 Å².